The van der Waals surface area contributed by atoms with Crippen molar-refractivity contribution in [2.75, 3.05) is 7.11 Å². The molecule has 0 unspecified atom stereocenters. The number of hydroxylamine groups is 1. The van der Waals surface area contributed by atoms with Crippen LogP contribution in [0.3, 0.4) is 0 Å². The zero-order valence-electron chi connectivity index (χ0n) is 11.4. The van der Waals surface area contributed by atoms with Gasteiger partial charge in [-0.25, -0.2) is 0 Å². The van der Waals surface area contributed by atoms with Gasteiger partial charge < -0.3 is 14.7 Å². The van der Waals surface area contributed by atoms with Gasteiger partial charge in [0.05, 0.1) is 11.6 Å². The molecule has 4 heteroatoms. The van der Waals surface area contributed by atoms with Crippen LogP contribution in [0.4, 0.5) is 0 Å². The molecule has 2 aliphatic carbocycles. The highest BCUT2D eigenvalue weighted by Gasteiger charge is 2.53. The second-order valence-corrected chi connectivity index (χ2v) is 5.91. The molecular weight excluding hydrogens is 242 g/mol. The Balaban J connectivity index is 1.87. The fraction of sp³-hybridized carbons (Fsp3) is 0.733. The van der Waals surface area contributed by atoms with Gasteiger partial charge >= 0.3 is 0 Å². The van der Waals surface area contributed by atoms with Gasteiger partial charge in [0, 0.05) is 18.9 Å². The van der Waals surface area contributed by atoms with Crippen LogP contribution in [0.5, 0.6) is 0 Å². The van der Waals surface area contributed by atoms with Crippen molar-refractivity contribution in [3.05, 3.63) is 24.3 Å². The maximum absolute atomic E-state index is 9.74. The second-order valence-electron chi connectivity index (χ2n) is 5.91. The molecule has 1 heterocycles. The molecule has 0 aromatic rings. The molecule has 1 aliphatic heterocycles. The van der Waals surface area contributed by atoms with E-state index in [1.54, 1.807) is 7.11 Å². The molecule has 2 fully saturated rings. The molecule has 2 N–H and O–H groups in total. The van der Waals surface area contributed by atoms with Crippen LogP contribution >= 0.6 is 0 Å². The van der Waals surface area contributed by atoms with Crippen molar-refractivity contribution in [1.82, 2.24) is 5.48 Å². The van der Waals surface area contributed by atoms with Crippen molar-refractivity contribution >= 4 is 0 Å². The third-order valence-electron chi connectivity index (χ3n) is 4.91. The summed E-state index contributed by atoms with van der Waals surface area (Å²) in [6.07, 6.45) is 13.7. The molecule has 3 rings (SSSR count). The van der Waals surface area contributed by atoms with Crippen LogP contribution in [0.25, 0.3) is 0 Å². The molecule has 0 aromatic heterocycles. The Morgan fingerprint density at radius 3 is 2.47 bits per heavy atom. The van der Waals surface area contributed by atoms with Gasteiger partial charge in [-0.15, -0.1) is 0 Å². The number of fused-ring (bicyclic) bond motifs is 1. The Morgan fingerprint density at radius 2 is 1.84 bits per heavy atom. The van der Waals surface area contributed by atoms with Crippen LogP contribution in [-0.2, 0) is 9.47 Å². The van der Waals surface area contributed by atoms with E-state index in [-0.39, 0.29) is 29.8 Å². The smallest absolute Gasteiger partial charge is 0.164 e. The molecule has 106 valence electrons. The van der Waals surface area contributed by atoms with E-state index in [9.17, 15) is 5.21 Å². The molecule has 0 radical (unpaired) electrons. The molecular formula is C15H23NO3. The summed E-state index contributed by atoms with van der Waals surface area (Å²) in [5.74, 6) is 0.542. The van der Waals surface area contributed by atoms with Crippen molar-refractivity contribution in [2.24, 2.45) is 11.8 Å². The van der Waals surface area contributed by atoms with Crippen LogP contribution in [0.1, 0.15) is 32.1 Å². The normalized spacial score (nSPS) is 40.3. The molecule has 0 spiro atoms. The lowest BCUT2D eigenvalue weighted by molar-refractivity contribution is -0.160. The number of allylic oxidation sites excluding steroid dienone is 2. The average Bonchev–Trinajstić information content (AvgIpc) is 2.87. The maximum atomic E-state index is 9.74. The minimum absolute atomic E-state index is 0.0195. The van der Waals surface area contributed by atoms with Gasteiger partial charge in [-0.1, -0.05) is 43.6 Å². The number of hydrogen-bond acceptors (Lipinski definition) is 4. The summed E-state index contributed by atoms with van der Waals surface area (Å²) in [7, 11) is 1.69. The molecule has 1 saturated heterocycles. The average molecular weight is 265 g/mol. The van der Waals surface area contributed by atoms with E-state index < -0.39 is 0 Å². The first kappa shape index (κ1) is 13.3. The fourth-order valence-electron chi connectivity index (χ4n) is 3.90. The van der Waals surface area contributed by atoms with Gasteiger partial charge in [-0.3, -0.25) is 0 Å². The SMILES string of the molecule is CO[C@@H]1O[C@H](C2(NO)CCCCC2)[C@H]2C=CC=C[C@H]12. The first-order valence-corrected chi connectivity index (χ1v) is 7.25. The molecule has 3 aliphatic rings. The zero-order chi connectivity index (χ0) is 13.3. The van der Waals surface area contributed by atoms with Crippen molar-refractivity contribution < 1.29 is 14.7 Å². The van der Waals surface area contributed by atoms with E-state index in [4.69, 9.17) is 9.47 Å². The summed E-state index contributed by atoms with van der Waals surface area (Å²) < 4.78 is 11.6. The van der Waals surface area contributed by atoms with Gasteiger partial charge in [-0.2, -0.15) is 5.48 Å². The highest BCUT2D eigenvalue weighted by atomic mass is 16.7. The summed E-state index contributed by atoms with van der Waals surface area (Å²) in [5.41, 5.74) is 2.28. The lowest BCUT2D eigenvalue weighted by Crippen LogP contribution is -2.56. The van der Waals surface area contributed by atoms with E-state index in [1.165, 1.54) is 6.42 Å². The van der Waals surface area contributed by atoms with E-state index in [1.807, 2.05) is 0 Å². The van der Waals surface area contributed by atoms with E-state index in [0.29, 0.717) is 0 Å². The Bertz CT molecular complexity index is 374. The second kappa shape index (κ2) is 5.37. The van der Waals surface area contributed by atoms with Crippen molar-refractivity contribution in [2.45, 2.75) is 50.0 Å². The number of methoxy groups -OCH3 is 1. The lowest BCUT2D eigenvalue weighted by atomic mass is 9.71. The molecule has 0 amide bonds. The van der Waals surface area contributed by atoms with Crippen LogP contribution in [0.15, 0.2) is 24.3 Å². The number of nitrogens with one attached hydrogen (secondary N) is 1. The van der Waals surface area contributed by atoms with Crippen molar-refractivity contribution in [3.63, 3.8) is 0 Å². The van der Waals surface area contributed by atoms with Crippen molar-refractivity contribution in [1.29, 1.82) is 0 Å². The topological polar surface area (TPSA) is 50.7 Å². The van der Waals surface area contributed by atoms with Gasteiger partial charge in [0.1, 0.15) is 0 Å². The van der Waals surface area contributed by atoms with Gasteiger partial charge in [0.25, 0.3) is 0 Å². The van der Waals surface area contributed by atoms with E-state index >= 15 is 0 Å². The maximum Gasteiger partial charge on any atom is 0.164 e. The molecule has 0 bridgehead atoms. The Kier molecular flexibility index (Phi) is 3.76. The first-order valence-electron chi connectivity index (χ1n) is 7.25. The quantitative estimate of drug-likeness (QED) is 0.769. The summed E-state index contributed by atoms with van der Waals surface area (Å²) >= 11 is 0. The highest BCUT2D eigenvalue weighted by molar-refractivity contribution is 5.21. The Hall–Kier alpha value is -0.680. The largest absolute Gasteiger partial charge is 0.355 e. The van der Waals surface area contributed by atoms with Crippen LogP contribution in [0.2, 0.25) is 0 Å². The van der Waals surface area contributed by atoms with Gasteiger partial charge in [0.15, 0.2) is 6.29 Å². The number of hydrogen-bond donors (Lipinski definition) is 2. The fourth-order valence-corrected chi connectivity index (χ4v) is 3.90. The Labute approximate surface area is 114 Å². The van der Waals surface area contributed by atoms with E-state index in [0.717, 1.165) is 25.7 Å². The third kappa shape index (κ3) is 2.17. The number of rotatable bonds is 3. The minimum Gasteiger partial charge on any atom is -0.355 e. The number of ether oxygens (including phenoxy) is 2. The standard InChI is InChI=1S/C15H23NO3/c1-18-14-12-8-4-3-7-11(12)13(19-14)15(16-17)9-5-2-6-10-15/h3-4,7-8,11-14,16-17H,2,5-6,9-10H2,1H3/t11-,12-,13-,14+/m0/s1. The zero-order valence-corrected chi connectivity index (χ0v) is 11.4. The summed E-state index contributed by atoms with van der Waals surface area (Å²) in [5, 5.41) is 9.74. The molecule has 4 atom stereocenters. The van der Waals surface area contributed by atoms with Crippen LogP contribution < -0.4 is 5.48 Å². The molecule has 4 nitrogen and oxygen atoms in total. The lowest BCUT2D eigenvalue weighted by Gasteiger charge is -2.42. The van der Waals surface area contributed by atoms with Crippen LogP contribution in [0, 0.1) is 11.8 Å². The van der Waals surface area contributed by atoms with Crippen LogP contribution in [-0.4, -0.2) is 30.2 Å². The Morgan fingerprint density at radius 1 is 1.16 bits per heavy atom. The summed E-state index contributed by atoms with van der Waals surface area (Å²) in [6, 6.07) is 0. The molecule has 0 aromatic carbocycles. The predicted octanol–water partition coefficient (Wildman–Crippen LogP) is 2.40. The predicted molar refractivity (Wildman–Crippen MR) is 71.7 cm³/mol. The third-order valence-corrected chi connectivity index (χ3v) is 4.91. The van der Waals surface area contributed by atoms with Gasteiger partial charge in [0.2, 0.25) is 0 Å². The monoisotopic (exact) mass is 265 g/mol. The summed E-state index contributed by atoms with van der Waals surface area (Å²) in [4.78, 5) is 0. The minimum atomic E-state index is -0.316. The highest BCUT2D eigenvalue weighted by Crippen LogP contribution is 2.45. The molecule has 1 saturated carbocycles. The van der Waals surface area contributed by atoms with Gasteiger partial charge in [-0.05, 0) is 12.8 Å². The first-order chi connectivity index (χ1) is 9.30. The summed E-state index contributed by atoms with van der Waals surface area (Å²) in [6.45, 7) is 0. The van der Waals surface area contributed by atoms with Crippen molar-refractivity contribution in [3.8, 4) is 0 Å². The molecule has 19 heavy (non-hydrogen) atoms. The van der Waals surface area contributed by atoms with E-state index in [2.05, 4.69) is 29.8 Å².